The van der Waals surface area contributed by atoms with Crippen molar-refractivity contribution in [2.24, 2.45) is 0 Å². The second kappa shape index (κ2) is 10.6. The summed E-state index contributed by atoms with van der Waals surface area (Å²) in [5, 5.41) is 10.4. The SMILES string of the molecule is CCCN(CCC(=O)O)C(=O)C(NC(=O)OCC1c2ccccc2-c2ccccc21)C(F)(F)F. The first kappa shape index (κ1) is 25.1. The van der Waals surface area contributed by atoms with E-state index in [2.05, 4.69) is 0 Å². The van der Waals surface area contributed by atoms with Crippen LogP contribution in [0.3, 0.4) is 0 Å². The number of carbonyl (C=O) groups is 3. The summed E-state index contributed by atoms with van der Waals surface area (Å²) in [5.41, 5.74) is 3.71. The van der Waals surface area contributed by atoms with E-state index in [0.29, 0.717) is 6.42 Å². The molecule has 0 fully saturated rings. The Morgan fingerprint density at radius 1 is 1.03 bits per heavy atom. The molecule has 0 radical (unpaired) electrons. The Morgan fingerprint density at radius 3 is 2.09 bits per heavy atom. The first-order valence-electron chi connectivity index (χ1n) is 10.8. The fraction of sp³-hybridized carbons (Fsp3) is 0.375. The first-order valence-corrected chi connectivity index (χ1v) is 10.8. The van der Waals surface area contributed by atoms with E-state index in [0.717, 1.165) is 27.2 Å². The molecule has 7 nitrogen and oxygen atoms in total. The van der Waals surface area contributed by atoms with Crippen LogP contribution in [0, 0.1) is 0 Å². The molecule has 0 aliphatic heterocycles. The zero-order valence-electron chi connectivity index (χ0n) is 18.5. The number of carbonyl (C=O) groups excluding carboxylic acids is 2. The van der Waals surface area contributed by atoms with Gasteiger partial charge in [0, 0.05) is 19.0 Å². The summed E-state index contributed by atoms with van der Waals surface area (Å²) in [6.07, 6.45) is -6.66. The molecule has 2 aromatic rings. The fourth-order valence-electron chi connectivity index (χ4n) is 4.06. The molecule has 182 valence electrons. The lowest BCUT2D eigenvalue weighted by molar-refractivity contribution is -0.174. The zero-order chi connectivity index (χ0) is 24.9. The maximum atomic E-state index is 13.6. The van der Waals surface area contributed by atoms with E-state index in [1.165, 1.54) is 0 Å². The van der Waals surface area contributed by atoms with Crippen LogP contribution in [-0.4, -0.2) is 59.9 Å². The highest BCUT2D eigenvalue weighted by Gasteiger charge is 2.48. The number of aliphatic carboxylic acids is 1. The highest BCUT2D eigenvalue weighted by molar-refractivity contribution is 5.87. The van der Waals surface area contributed by atoms with Crippen LogP contribution in [0.15, 0.2) is 48.5 Å². The van der Waals surface area contributed by atoms with E-state index >= 15 is 0 Å². The van der Waals surface area contributed by atoms with Gasteiger partial charge in [-0.3, -0.25) is 9.59 Å². The molecule has 0 bridgehead atoms. The van der Waals surface area contributed by atoms with Gasteiger partial charge in [0.05, 0.1) is 6.42 Å². The maximum absolute atomic E-state index is 13.6. The number of hydrogen-bond donors (Lipinski definition) is 2. The highest BCUT2D eigenvalue weighted by Crippen LogP contribution is 2.44. The molecule has 10 heteroatoms. The van der Waals surface area contributed by atoms with E-state index in [1.54, 1.807) is 12.2 Å². The molecule has 34 heavy (non-hydrogen) atoms. The average Bonchev–Trinajstić information content (AvgIpc) is 3.11. The minimum absolute atomic E-state index is 0.0783. The van der Waals surface area contributed by atoms with Gasteiger partial charge in [-0.2, -0.15) is 13.2 Å². The lowest BCUT2D eigenvalue weighted by atomic mass is 9.98. The number of benzene rings is 2. The van der Waals surface area contributed by atoms with Crippen LogP contribution < -0.4 is 5.32 Å². The lowest BCUT2D eigenvalue weighted by Crippen LogP contribution is -2.56. The molecule has 2 N–H and O–H groups in total. The number of halogens is 3. The van der Waals surface area contributed by atoms with Gasteiger partial charge in [-0.05, 0) is 28.7 Å². The average molecular weight is 478 g/mol. The first-order chi connectivity index (χ1) is 16.1. The van der Waals surface area contributed by atoms with Gasteiger partial charge in [-0.15, -0.1) is 0 Å². The van der Waals surface area contributed by atoms with Crippen LogP contribution >= 0.6 is 0 Å². The zero-order valence-corrected chi connectivity index (χ0v) is 18.5. The van der Waals surface area contributed by atoms with Crippen LogP contribution in [0.2, 0.25) is 0 Å². The van der Waals surface area contributed by atoms with Crippen molar-refractivity contribution in [2.75, 3.05) is 19.7 Å². The molecule has 0 saturated heterocycles. The molecule has 0 saturated carbocycles. The Balaban J connectivity index is 1.71. The second-order valence-electron chi connectivity index (χ2n) is 7.91. The molecule has 1 unspecified atom stereocenters. The largest absolute Gasteiger partial charge is 0.481 e. The molecule has 1 atom stereocenters. The lowest BCUT2D eigenvalue weighted by Gasteiger charge is -2.28. The van der Waals surface area contributed by atoms with Crippen molar-refractivity contribution in [2.45, 2.75) is 37.9 Å². The number of carboxylic acid groups (broad SMARTS) is 1. The molecule has 0 aromatic heterocycles. The van der Waals surface area contributed by atoms with Gasteiger partial charge in [0.2, 0.25) is 6.04 Å². The minimum Gasteiger partial charge on any atom is -0.481 e. The number of carboxylic acids is 1. The van der Waals surface area contributed by atoms with Crippen molar-refractivity contribution in [3.8, 4) is 11.1 Å². The third-order valence-electron chi connectivity index (χ3n) is 5.58. The Kier molecular flexibility index (Phi) is 7.80. The summed E-state index contributed by atoms with van der Waals surface area (Å²) in [7, 11) is 0. The number of hydrogen-bond acceptors (Lipinski definition) is 4. The van der Waals surface area contributed by atoms with E-state index in [9.17, 15) is 27.6 Å². The monoisotopic (exact) mass is 478 g/mol. The molecule has 1 aliphatic rings. The Bertz CT molecular complexity index is 1010. The van der Waals surface area contributed by atoms with Crippen molar-refractivity contribution in [3.63, 3.8) is 0 Å². The summed E-state index contributed by atoms with van der Waals surface area (Å²) in [4.78, 5) is 36.5. The Morgan fingerprint density at radius 2 is 1.59 bits per heavy atom. The standard InChI is InChI=1S/C24H25F3N2O5/c1-2-12-29(13-11-20(30)31)22(32)21(24(25,26)27)28-23(33)34-14-19-17-9-5-3-7-15(17)16-8-4-6-10-18(16)19/h3-10,19,21H,2,11-14H2,1H3,(H,28,33)(H,30,31). The number of ether oxygens (including phenoxy) is 1. The quantitative estimate of drug-likeness (QED) is 0.564. The van der Waals surface area contributed by atoms with Crippen LogP contribution in [0.1, 0.15) is 36.8 Å². The molecule has 1 aliphatic carbocycles. The highest BCUT2D eigenvalue weighted by atomic mass is 19.4. The van der Waals surface area contributed by atoms with Gasteiger partial charge < -0.3 is 20.1 Å². The van der Waals surface area contributed by atoms with E-state index in [1.807, 2.05) is 48.5 Å². The summed E-state index contributed by atoms with van der Waals surface area (Å²) in [6, 6.07) is 12.1. The molecule has 2 aromatic carbocycles. The van der Waals surface area contributed by atoms with Gasteiger partial charge in [0.1, 0.15) is 6.61 Å². The van der Waals surface area contributed by atoms with Crippen molar-refractivity contribution < 1.29 is 37.4 Å². The van der Waals surface area contributed by atoms with Gasteiger partial charge >= 0.3 is 18.2 Å². The van der Waals surface area contributed by atoms with Gasteiger partial charge in [-0.1, -0.05) is 55.5 Å². The van der Waals surface area contributed by atoms with Crippen LogP contribution in [0.25, 0.3) is 11.1 Å². The van der Waals surface area contributed by atoms with Crippen LogP contribution in [0.5, 0.6) is 0 Å². The Hall–Kier alpha value is -3.56. The van der Waals surface area contributed by atoms with Crippen LogP contribution in [0.4, 0.5) is 18.0 Å². The third kappa shape index (κ3) is 5.67. The smallest absolute Gasteiger partial charge is 0.417 e. The summed E-state index contributed by atoms with van der Waals surface area (Å²) in [5.74, 6) is -3.03. The molecule has 0 spiro atoms. The number of nitrogens with zero attached hydrogens (tertiary/aromatic N) is 1. The van der Waals surface area contributed by atoms with Crippen molar-refractivity contribution in [1.29, 1.82) is 0 Å². The van der Waals surface area contributed by atoms with E-state index < -0.39 is 43.2 Å². The number of alkyl carbamates (subject to hydrolysis) is 1. The van der Waals surface area contributed by atoms with Crippen molar-refractivity contribution >= 4 is 18.0 Å². The fourth-order valence-corrected chi connectivity index (χ4v) is 4.06. The van der Waals surface area contributed by atoms with Crippen LogP contribution in [-0.2, 0) is 14.3 Å². The normalized spacial score (nSPS) is 13.5. The van der Waals surface area contributed by atoms with Gasteiger partial charge in [-0.25, -0.2) is 4.79 Å². The van der Waals surface area contributed by atoms with Crippen molar-refractivity contribution in [1.82, 2.24) is 10.2 Å². The van der Waals surface area contributed by atoms with Gasteiger partial charge in [0.25, 0.3) is 5.91 Å². The van der Waals surface area contributed by atoms with E-state index in [4.69, 9.17) is 9.84 Å². The molecule has 3 rings (SSSR count). The number of rotatable bonds is 9. The summed E-state index contributed by atoms with van der Waals surface area (Å²) in [6.45, 7) is 0.949. The number of nitrogens with one attached hydrogen (secondary N) is 1. The molecular formula is C24H25F3N2O5. The Labute approximate surface area is 194 Å². The van der Waals surface area contributed by atoms with Crippen molar-refractivity contribution in [3.05, 3.63) is 59.7 Å². The maximum Gasteiger partial charge on any atom is 0.417 e. The predicted molar refractivity (Wildman–Crippen MR) is 117 cm³/mol. The predicted octanol–water partition coefficient (Wildman–Crippen LogP) is 4.17. The number of alkyl halides is 3. The van der Waals surface area contributed by atoms with E-state index in [-0.39, 0.29) is 19.1 Å². The molecular weight excluding hydrogens is 453 g/mol. The number of fused-ring (bicyclic) bond motifs is 3. The second-order valence-corrected chi connectivity index (χ2v) is 7.91. The summed E-state index contributed by atoms with van der Waals surface area (Å²) < 4.78 is 46.0. The minimum atomic E-state index is -5.09. The molecule has 0 heterocycles. The topological polar surface area (TPSA) is 95.9 Å². The molecule has 2 amide bonds. The third-order valence-corrected chi connectivity index (χ3v) is 5.58. The van der Waals surface area contributed by atoms with Gasteiger partial charge in [0.15, 0.2) is 0 Å². The summed E-state index contributed by atoms with van der Waals surface area (Å²) >= 11 is 0. The number of amides is 2.